The van der Waals surface area contributed by atoms with Crippen molar-refractivity contribution in [1.29, 1.82) is 0 Å². The summed E-state index contributed by atoms with van der Waals surface area (Å²) in [6.45, 7) is -0.472. The topological polar surface area (TPSA) is 72.5 Å². The van der Waals surface area contributed by atoms with Gasteiger partial charge < -0.3 is 15.6 Å². The maximum absolute atomic E-state index is 10.2. The Morgan fingerprint density at radius 3 is 2.64 bits per heavy atom. The number of carbonyl (C=O) groups is 1. The molecule has 1 aromatic carbocycles. The van der Waals surface area contributed by atoms with Crippen LogP contribution in [0.1, 0.15) is 0 Å². The first-order valence-corrected chi connectivity index (χ1v) is 4.36. The quantitative estimate of drug-likeness (QED) is 0.787. The maximum atomic E-state index is 10.2. The molecule has 14 heavy (non-hydrogen) atoms. The van der Waals surface area contributed by atoms with Crippen molar-refractivity contribution in [1.82, 2.24) is 0 Å². The van der Waals surface area contributed by atoms with Crippen molar-refractivity contribution >= 4 is 34.9 Å². The second-order valence-electron chi connectivity index (χ2n) is 2.46. The van der Waals surface area contributed by atoms with Gasteiger partial charge in [0.25, 0.3) is 0 Å². The molecule has 1 rings (SSSR count). The van der Waals surface area contributed by atoms with Gasteiger partial charge in [0.2, 0.25) is 0 Å². The van der Waals surface area contributed by atoms with Crippen LogP contribution in [0.5, 0.6) is 5.75 Å². The second kappa shape index (κ2) is 4.39. The van der Waals surface area contributed by atoms with E-state index in [1.165, 1.54) is 12.1 Å². The summed E-state index contributed by atoms with van der Waals surface area (Å²) in [5.74, 6) is -0.887. The number of anilines is 1. The molecule has 0 saturated heterocycles. The lowest BCUT2D eigenvalue weighted by molar-refractivity contribution is -0.139. The van der Waals surface area contributed by atoms with E-state index in [-0.39, 0.29) is 15.8 Å². The first kappa shape index (κ1) is 10.9. The molecule has 0 atom stereocenters. The first-order chi connectivity index (χ1) is 6.52. The largest absolute Gasteiger partial charge is 0.480 e. The number of carboxylic acids is 1. The average molecular weight is 236 g/mol. The molecule has 0 aromatic heterocycles. The number of nitrogens with two attached hydrogens (primary N) is 1. The minimum atomic E-state index is -1.09. The Labute approximate surface area is 90.2 Å². The minimum absolute atomic E-state index is 0.118. The van der Waals surface area contributed by atoms with E-state index in [0.717, 1.165) is 0 Å². The Morgan fingerprint density at radius 1 is 1.43 bits per heavy atom. The van der Waals surface area contributed by atoms with Crippen molar-refractivity contribution in [2.24, 2.45) is 0 Å². The zero-order chi connectivity index (χ0) is 10.7. The van der Waals surface area contributed by atoms with Crippen LogP contribution in [0.4, 0.5) is 5.69 Å². The fourth-order valence-corrected chi connectivity index (χ4v) is 1.18. The van der Waals surface area contributed by atoms with Crippen LogP contribution in [0.2, 0.25) is 10.0 Å². The maximum Gasteiger partial charge on any atom is 0.341 e. The molecule has 0 heterocycles. The lowest BCUT2D eigenvalue weighted by Gasteiger charge is -2.07. The van der Waals surface area contributed by atoms with Gasteiger partial charge in [-0.05, 0) is 12.1 Å². The molecule has 0 amide bonds. The molecule has 0 aliphatic heterocycles. The lowest BCUT2D eigenvalue weighted by atomic mass is 10.3. The number of aliphatic carboxylic acids is 1. The van der Waals surface area contributed by atoms with Gasteiger partial charge in [-0.3, -0.25) is 0 Å². The van der Waals surface area contributed by atoms with E-state index in [1.54, 1.807) is 0 Å². The summed E-state index contributed by atoms with van der Waals surface area (Å²) in [4.78, 5) is 10.2. The van der Waals surface area contributed by atoms with Crippen LogP contribution in [0.3, 0.4) is 0 Å². The molecule has 1 aromatic rings. The monoisotopic (exact) mass is 235 g/mol. The van der Waals surface area contributed by atoms with Crippen molar-refractivity contribution in [2.45, 2.75) is 0 Å². The summed E-state index contributed by atoms with van der Waals surface area (Å²) >= 11 is 11.5. The smallest absolute Gasteiger partial charge is 0.341 e. The fraction of sp³-hybridized carbons (Fsp3) is 0.125. The summed E-state index contributed by atoms with van der Waals surface area (Å²) in [5, 5.41) is 8.64. The molecule has 0 bridgehead atoms. The lowest BCUT2D eigenvalue weighted by Crippen LogP contribution is -2.09. The number of carboxylic acid groups (broad SMARTS) is 1. The Bertz CT molecular complexity index is 368. The van der Waals surface area contributed by atoms with Gasteiger partial charge in [0.15, 0.2) is 6.61 Å². The van der Waals surface area contributed by atoms with Gasteiger partial charge in [-0.15, -0.1) is 0 Å². The molecule has 0 fully saturated rings. The highest BCUT2D eigenvalue weighted by atomic mass is 35.5. The van der Waals surface area contributed by atoms with E-state index in [4.69, 9.17) is 38.8 Å². The van der Waals surface area contributed by atoms with E-state index >= 15 is 0 Å². The van der Waals surface area contributed by atoms with Crippen molar-refractivity contribution in [3.8, 4) is 5.75 Å². The molecule has 4 nitrogen and oxygen atoms in total. The van der Waals surface area contributed by atoms with Gasteiger partial charge in [-0.2, -0.15) is 0 Å². The van der Waals surface area contributed by atoms with E-state index in [1.807, 2.05) is 0 Å². The molecular weight excluding hydrogens is 229 g/mol. The van der Waals surface area contributed by atoms with Crippen LogP contribution >= 0.6 is 23.2 Å². The zero-order valence-electron chi connectivity index (χ0n) is 6.96. The fourth-order valence-electron chi connectivity index (χ4n) is 0.798. The summed E-state index contributed by atoms with van der Waals surface area (Å²) in [7, 11) is 0. The van der Waals surface area contributed by atoms with Crippen molar-refractivity contribution in [3.05, 3.63) is 22.2 Å². The van der Waals surface area contributed by atoms with Crippen molar-refractivity contribution < 1.29 is 14.6 Å². The van der Waals surface area contributed by atoms with E-state index in [0.29, 0.717) is 5.69 Å². The van der Waals surface area contributed by atoms with Crippen LogP contribution in [-0.4, -0.2) is 17.7 Å². The predicted molar refractivity (Wildman–Crippen MR) is 54.0 cm³/mol. The predicted octanol–water partition coefficient (Wildman–Crippen LogP) is 2.04. The summed E-state index contributed by atoms with van der Waals surface area (Å²) < 4.78 is 4.86. The van der Waals surface area contributed by atoms with E-state index < -0.39 is 12.6 Å². The van der Waals surface area contributed by atoms with Gasteiger partial charge in [0, 0.05) is 0 Å². The first-order valence-electron chi connectivity index (χ1n) is 3.60. The number of halogens is 2. The van der Waals surface area contributed by atoms with Gasteiger partial charge in [0.05, 0.1) is 10.7 Å². The van der Waals surface area contributed by atoms with Crippen LogP contribution in [0.15, 0.2) is 12.1 Å². The van der Waals surface area contributed by atoms with Gasteiger partial charge in [-0.1, -0.05) is 23.2 Å². The summed E-state index contributed by atoms with van der Waals surface area (Å²) in [5.41, 5.74) is 5.78. The third-order valence-electron chi connectivity index (χ3n) is 1.43. The molecule has 76 valence electrons. The minimum Gasteiger partial charge on any atom is -0.480 e. The van der Waals surface area contributed by atoms with Crippen molar-refractivity contribution in [2.75, 3.05) is 12.3 Å². The molecule has 0 unspecified atom stereocenters. The van der Waals surface area contributed by atoms with Crippen LogP contribution in [-0.2, 0) is 4.79 Å². The number of ether oxygens (including phenoxy) is 1. The highest BCUT2D eigenvalue weighted by Gasteiger charge is 2.10. The Morgan fingerprint density at radius 2 is 2.07 bits per heavy atom. The zero-order valence-corrected chi connectivity index (χ0v) is 8.47. The number of benzene rings is 1. The van der Waals surface area contributed by atoms with Crippen LogP contribution < -0.4 is 10.5 Å². The Balaban J connectivity index is 2.88. The van der Waals surface area contributed by atoms with Crippen LogP contribution in [0, 0.1) is 0 Å². The molecule has 0 saturated carbocycles. The third-order valence-corrected chi connectivity index (χ3v) is 2.31. The van der Waals surface area contributed by atoms with Gasteiger partial charge in [-0.25, -0.2) is 4.79 Å². The molecule has 3 N–H and O–H groups in total. The van der Waals surface area contributed by atoms with E-state index in [9.17, 15) is 4.79 Å². The average Bonchev–Trinajstić information content (AvgIpc) is 2.13. The molecule has 0 spiro atoms. The number of hydrogen-bond donors (Lipinski definition) is 2. The summed E-state index contributed by atoms with van der Waals surface area (Å²) in [6, 6.07) is 2.96. The second-order valence-corrected chi connectivity index (χ2v) is 3.22. The molecular formula is C8H7Cl2NO3. The number of nitrogen functional groups attached to an aromatic ring is 1. The van der Waals surface area contributed by atoms with Gasteiger partial charge >= 0.3 is 5.97 Å². The summed E-state index contributed by atoms with van der Waals surface area (Å²) in [6.07, 6.45) is 0. The SMILES string of the molecule is Nc1ccc(OCC(=O)O)c(Cl)c1Cl. The third kappa shape index (κ3) is 2.43. The number of hydrogen-bond acceptors (Lipinski definition) is 3. The molecule has 0 aliphatic rings. The van der Waals surface area contributed by atoms with E-state index in [2.05, 4.69) is 0 Å². The molecule has 0 radical (unpaired) electrons. The Kier molecular flexibility index (Phi) is 3.43. The van der Waals surface area contributed by atoms with Crippen molar-refractivity contribution in [3.63, 3.8) is 0 Å². The molecule has 0 aliphatic carbocycles. The Hall–Kier alpha value is -1.13. The highest BCUT2D eigenvalue weighted by molar-refractivity contribution is 6.44. The molecule has 6 heteroatoms. The van der Waals surface area contributed by atoms with Crippen LogP contribution in [0.25, 0.3) is 0 Å². The van der Waals surface area contributed by atoms with Gasteiger partial charge in [0.1, 0.15) is 10.8 Å². The normalized spacial score (nSPS) is 9.86. The highest BCUT2D eigenvalue weighted by Crippen LogP contribution is 2.35. The number of rotatable bonds is 3. The standard InChI is InChI=1S/C8H7Cl2NO3/c9-7-4(11)1-2-5(8(7)10)14-3-6(12)13/h1-2H,3,11H2,(H,12,13).